The molecule has 1 fully saturated rings. The molecule has 20 heavy (non-hydrogen) atoms. The standard InChI is InChI=1S/C12H16N6O2/c13-15-14-5-6-16-7-9-17(10-8-16)11-1-3-12(4-2-11)18(19)20/h1-4H,5-10H2. The molecular weight excluding hydrogens is 260 g/mol. The smallest absolute Gasteiger partial charge is 0.269 e. The van der Waals surface area contributed by atoms with E-state index in [1.165, 1.54) is 12.1 Å². The van der Waals surface area contributed by atoms with Gasteiger partial charge >= 0.3 is 0 Å². The first-order valence-electron chi connectivity index (χ1n) is 6.43. The van der Waals surface area contributed by atoms with Crippen LogP contribution in [0.2, 0.25) is 0 Å². The Kier molecular flexibility index (Phi) is 4.75. The van der Waals surface area contributed by atoms with Crippen molar-refractivity contribution in [1.29, 1.82) is 0 Å². The van der Waals surface area contributed by atoms with Crippen LogP contribution in [0.15, 0.2) is 29.4 Å². The average molecular weight is 276 g/mol. The molecule has 0 bridgehead atoms. The second kappa shape index (κ2) is 6.74. The van der Waals surface area contributed by atoms with Gasteiger partial charge in [0.1, 0.15) is 0 Å². The summed E-state index contributed by atoms with van der Waals surface area (Å²) in [5, 5.41) is 14.1. The van der Waals surface area contributed by atoms with Gasteiger partial charge in [-0.3, -0.25) is 15.0 Å². The van der Waals surface area contributed by atoms with E-state index in [4.69, 9.17) is 5.53 Å². The number of nitro benzene ring substituents is 1. The number of hydrogen-bond acceptors (Lipinski definition) is 5. The van der Waals surface area contributed by atoms with Gasteiger partial charge in [-0.15, -0.1) is 0 Å². The van der Waals surface area contributed by atoms with E-state index in [0.29, 0.717) is 6.54 Å². The number of nitro groups is 1. The van der Waals surface area contributed by atoms with E-state index in [0.717, 1.165) is 38.4 Å². The fourth-order valence-electron chi connectivity index (χ4n) is 2.25. The van der Waals surface area contributed by atoms with Crippen molar-refractivity contribution < 1.29 is 4.92 Å². The van der Waals surface area contributed by atoms with E-state index in [2.05, 4.69) is 19.8 Å². The maximum absolute atomic E-state index is 10.6. The van der Waals surface area contributed by atoms with Crippen molar-refractivity contribution in [3.05, 3.63) is 44.8 Å². The van der Waals surface area contributed by atoms with Crippen molar-refractivity contribution in [2.24, 2.45) is 5.11 Å². The normalized spacial score (nSPS) is 15.7. The number of rotatable bonds is 5. The lowest BCUT2D eigenvalue weighted by Gasteiger charge is -2.35. The topological polar surface area (TPSA) is 98.4 Å². The Hall–Kier alpha value is -2.31. The van der Waals surface area contributed by atoms with Gasteiger partial charge in [-0.1, -0.05) is 5.11 Å². The maximum Gasteiger partial charge on any atom is 0.269 e. The summed E-state index contributed by atoms with van der Waals surface area (Å²) in [6.07, 6.45) is 0. The number of azide groups is 1. The summed E-state index contributed by atoms with van der Waals surface area (Å²) in [4.78, 5) is 17.4. The lowest BCUT2D eigenvalue weighted by Crippen LogP contribution is -2.47. The largest absolute Gasteiger partial charge is 0.369 e. The number of non-ortho nitro benzene ring substituents is 1. The van der Waals surface area contributed by atoms with E-state index in [1.807, 2.05) is 0 Å². The van der Waals surface area contributed by atoms with Crippen LogP contribution in [0.4, 0.5) is 11.4 Å². The Bertz CT molecular complexity index is 503. The van der Waals surface area contributed by atoms with Crippen molar-refractivity contribution in [3.63, 3.8) is 0 Å². The zero-order valence-corrected chi connectivity index (χ0v) is 11.1. The number of hydrogen-bond donors (Lipinski definition) is 0. The first-order valence-corrected chi connectivity index (χ1v) is 6.43. The van der Waals surface area contributed by atoms with E-state index in [9.17, 15) is 10.1 Å². The molecule has 0 radical (unpaired) electrons. The highest BCUT2D eigenvalue weighted by Gasteiger charge is 2.17. The summed E-state index contributed by atoms with van der Waals surface area (Å²) in [5.41, 5.74) is 9.35. The fourth-order valence-corrected chi connectivity index (χ4v) is 2.25. The molecule has 1 saturated heterocycles. The SMILES string of the molecule is [N-]=[N+]=NCCN1CCN(c2ccc([N+](=O)[O-])cc2)CC1. The van der Waals surface area contributed by atoms with Crippen LogP contribution in [0, 0.1) is 10.1 Å². The molecule has 1 aliphatic heterocycles. The maximum atomic E-state index is 10.6. The molecule has 0 saturated carbocycles. The summed E-state index contributed by atoms with van der Waals surface area (Å²) in [6, 6.07) is 6.63. The van der Waals surface area contributed by atoms with Crippen LogP contribution in [0.1, 0.15) is 0 Å². The number of anilines is 1. The van der Waals surface area contributed by atoms with E-state index < -0.39 is 4.92 Å². The summed E-state index contributed by atoms with van der Waals surface area (Å²) in [7, 11) is 0. The summed E-state index contributed by atoms with van der Waals surface area (Å²) in [6.45, 7) is 4.81. The molecule has 0 atom stereocenters. The average Bonchev–Trinajstić information content (AvgIpc) is 2.48. The minimum Gasteiger partial charge on any atom is -0.369 e. The van der Waals surface area contributed by atoms with Crippen molar-refractivity contribution >= 4 is 11.4 Å². The minimum absolute atomic E-state index is 0.113. The van der Waals surface area contributed by atoms with E-state index >= 15 is 0 Å². The van der Waals surface area contributed by atoms with Gasteiger partial charge < -0.3 is 4.90 Å². The van der Waals surface area contributed by atoms with Crippen LogP contribution in [0.25, 0.3) is 10.4 Å². The number of nitrogens with zero attached hydrogens (tertiary/aromatic N) is 6. The van der Waals surface area contributed by atoms with Crippen molar-refractivity contribution in [2.75, 3.05) is 44.2 Å². The zero-order chi connectivity index (χ0) is 14.4. The Morgan fingerprint density at radius 3 is 2.45 bits per heavy atom. The van der Waals surface area contributed by atoms with Crippen LogP contribution < -0.4 is 4.90 Å². The van der Waals surface area contributed by atoms with Crippen LogP contribution in [-0.2, 0) is 0 Å². The molecule has 0 amide bonds. The van der Waals surface area contributed by atoms with Gasteiger partial charge in [-0.25, -0.2) is 0 Å². The predicted molar refractivity (Wildman–Crippen MR) is 75.8 cm³/mol. The molecule has 106 valence electrons. The molecule has 1 aliphatic rings. The van der Waals surface area contributed by atoms with E-state index in [1.54, 1.807) is 12.1 Å². The molecule has 1 heterocycles. The molecule has 1 aromatic carbocycles. The molecule has 0 N–H and O–H groups in total. The fraction of sp³-hybridized carbons (Fsp3) is 0.500. The first kappa shape index (κ1) is 14.1. The lowest BCUT2D eigenvalue weighted by atomic mass is 10.2. The second-order valence-corrected chi connectivity index (χ2v) is 4.56. The Labute approximate surface area is 116 Å². The molecule has 0 unspecified atom stereocenters. The van der Waals surface area contributed by atoms with Crippen molar-refractivity contribution in [2.45, 2.75) is 0 Å². The zero-order valence-electron chi connectivity index (χ0n) is 11.1. The van der Waals surface area contributed by atoms with Crippen LogP contribution in [-0.4, -0.2) is 49.1 Å². The minimum atomic E-state index is -0.391. The summed E-state index contributed by atoms with van der Waals surface area (Å²) >= 11 is 0. The third-order valence-electron chi connectivity index (χ3n) is 3.38. The van der Waals surface area contributed by atoms with Gasteiger partial charge in [0.05, 0.1) is 4.92 Å². The third-order valence-corrected chi connectivity index (χ3v) is 3.38. The van der Waals surface area contributed by atoms with Gasteiger partial charge in [0.25, 0.3) is 5.69 Å². The van der Waals surface area contributed by atoms with Gasteiger partial charge in [0, 0.05) is 62.0 Å². The van der Waals surface area contributed by atoms with Crippen molar-refractivity contribution in [1.82, 2.24) is 4.90 Å². The molecule has 2 rings (SSSR count). The summed E-state index contributed by atoms with van der Waals surface area (Å²) < 4.78 is 0. The molecule has 8 nitrogen and oxygen atoms in total. The van der Waals surface area contributed by atoms with Gasteiger partial charge in [-0.2, -0.15) is 0 Å². The molecule has 0 aliphatic carbocycles. The van der Waals surface area contributed by atoms with Crippen LogP contribution in [0.5, 0.6) is 0 Å². The Morgan fingerprint density at radius 2 is 1.90 bits per heavy atom. The second-order valence-electron chi connectivity index (χ2n) is 4.56. The van der Waals surface area contributed by atoms with Gasteiger partial charge in [-0.05, 0) is 17.7 Å². The Morgan fingerprint density at radius 1 is 1.25 bits per heavy atom. The van der Waals surface area contributed by atoms with Crippen LogP contribution >= 0.6 is 0 Å². The molecule has 0 aromatic heterocycles. The molecular formula is C12H16N6O2. The monoisotopic (exact) mass is 276 g/mol. The van der Waals surface area contributed by atoms with Crippen LogP contribution in [0.3, 0.4) is 0 Å². The summed E-state index contributed by atoms with van der Waals surface area (Å²) in [5.74, 6) is 0. The molecule has 8 heteroatoms. The van der Waals surface area contributed by atoms with Crippen molar-refractivity contribution in [3.8, 4) is 0 Å². The van der Waals surface area contributed by atoms with Gasteiger partial charge in [0.2, 0.25) is 0 Å². The molecule has 1 aromatic rings. The number of piperazine rings is 1. The molecule has 0 spiro atoms. The van der Waals surface area contributed by atoms with E-state index in [-0.39, 0.29) is 5.69 Å². The third kappa shape index (κ3) is 3.59. The first-order chi connectivity index (χ1) is 9.70. The predicted octanol–water partition coefficient (Wildman–Crippen LogP) is 2.03. The highest BCUT2D eigenvalue weighted by Crippen LogP contribution is 2.20. The quantitative estimate of drug-likeness (QED) is 0.270. The Balaban J connectivity index is 1.87. The number of benzene rings is 1. The van der Waals surface area contributed by atoms with Gasteiger partial charge in [0.15, 0.2) is 0 Å². The highest BCUT2D eigenvalue weighted by molar-refractivity contribution is 5.51. The lowest BCUT2D eigenvalue weighted by molar-refractivity contribution is -0.384. The highest BCUT2D eigenvalue weighted by atomic mass is 16.6.